The number of nitrogens with two attached hydrogens (primary N) is 2. The van der Waals surface area contributed by atoms with Gasteiger partial charge in [0, 0.05) is 0 Å². The molecule has 6 N–H and O–H groups in total. The van der Waals surface area contributed by atoms with Crippen LogP contribution < -0.4 is 22.1 Å². The quantitative estimate of drug-likeness (QED) is 0.154. The van der Waals surface area contributed by atoms with E-state index in [1.54, 1.807) is 0 Å². The van der Waals surface area contributed by atoms with E-state index in [9.17, 15) is 4.70 Å². The predicted molar refractivity (Wildman–Crippen MR) is 43.1 cm³/mol. The molecule has 0 aromatic heterocycles. The predicted octanol–water partition coefficient (Wildman–Crippen LogP) is -2.64. The Labute approximate surface area is 65.7 Å². The average Bonchev–Trinajstić information content (AvgIpc) is 2.01. The fourth-order valence-corrected chi connectivity index (χ4v) is 0.501. The summed E-state index contributed by atoms with van der Waals surface area (Å²) in [6.07, 6.45) is 0.200. The summed E-state index contributed by atoms with van der Waals surface area (Å²) in [5.41, 5.74) is 10.3. The van der Waals surface area contributed by atoms with Gasteiger partial charge in [-0.3, -0.25) is 0 Å². The number of hydrogen-bond donors (Lipinski definition) is 4. The number of nitrogens with zero attached hydrogens (tertiary/aromatic N) is 1. The second kappa shape index (κ2) is 7.17. The molecule has 0 fully saturated rings. The third-order valence-corrected chi connectivity index (χ3v) is 0.872. The monoisotopic (exact) mass is 157 g/mol. The normalized spacial score (nSPS) is 10.5. The van der Waals surface area contributed by atoms with Gasteiger partial charge in [0.2, 0.25) is 0 Å². The molecular formula is C4H12BN5O. The van der Waals surface area contributed by atoms with Gasteiger partial charge in [-0.15, -0.1) is 0 Å². The molecule has 0 aliphatic carbocycles. The van der Waals surface area contributed by atoms with Crippen molar-refractivity contribution in [1.82, 2.24) is 10.6 Å². The topological polar surface area (TPSA) is 106 Å². The first kappa shape index (κ1) is 10.1. The van der Waals surface area contributed by atoms with Gasteiger partial charge in [-0.2, -0.15) is 0 Å². The van der Waals surface area contributed by atoms with Crippen LogP contribution in [0.2, 0.25) is 0 Å². The van der Waals surface area contributed by atoms with E-state index in [-0.39, 0.29) is 19.8 Å². The van der Waals surface area contributed by atoms with E-state index in [1.165, 1.54) is 0 Å². The van der Waals surface area contributed by atoms with Crippen molar-refractivity contribution in [3.8, 4) is 0 Å². The number of aliphatic imine (C=N–C) groups is 1. The van der Waals surface area contributed by atoms with Crippen LogP contribution >= 0.6 is 0 Å². The van der Waals surface area contributed by atoms with Crippen LogP contribution in [-0.2, 0) is 4.70 Å². The van der Waals surface area contributed by atoms with E-state index in [0.29, 0.717) is 5.96 Å². The second-order valence-electron chi connectivity index (χ2n) is 1.62. The van der Waals surface area contributed by atoms with E-state index in [4.69, 9.17) is 11.5 Å². The van der Waals surface area contributed by atoms with Gasteiger partial charge in [0.05, 0.1) is 0 Å². The molecule has 0 saturated carbocycles. The molecule has 11 heavy (non-hydrogen) atoms. The Bertz CT molecular complexity index is 138. The molecule has 0 radical (unpaired) electrons. The van der Waals surface area contributed by atoms with Crippen LogP contribution in [0.4, 0.5) is 0 Å². The Kier molecular flexibility index (Phi) is 6.55. The van der Waals surface area contributed by atoms with Crippen LogP contribution in [0.25, 0.3) is 0 Å². The van der Waals surface area contributed by atoms with E-state index in [1.807, 2.05) is 0 Å². The number of nitrogens with one attached hydrogen (secondary N) is 2. The summed E-state index contributed by atoms with van der Waals surface area (Å²) in [6.45, 7) is 0.416. The molecule has 0 atom stereocenters. The third kappa shape index (κ3) is 5.50. The molecule has 0 amide bonds. The molecule has 0 unspecified atom stereocenters. The summed E-state index contributed by atoms with van der Waals surface area (Å²) < 4.78 is 9.91. The maximum atomic E-state index is 9.91. The Morgan fingerprint density at radius 3 is 2.64 bits per heavy atom. The van der Waals surface area contributed by atoms with Gasteiger partial charge in [-0.1, -0.05) is 0 Å². The van der Waals surface area contributed by atoms with Crippen molar-refractivity contribution < 1.29 is 4.70 Å². The van der Waals surface area contributed by atoms with Crippen LogP contribution in [0, 0.1) is 0 Å². The summed E-state index contributed by atoms with van der Waals surface area (Å²) in [5, 5.41) is 5.38. The first-order valence-electron chi connectivity index (χ1n) is 3.21. The average molecular weight is 157 g/mol. The van der Waals surface area contributed by atoms with Crippen molar-refractivity contribution in [3.63, 3.8) is 0 Å². The third-order valence-electron chi connectivity index (χ3n) is 0.872. The zero-order chi connectivity index (χ0) is 8.53. The summed E-state index contributed by atoms with van der Waals surface area (Å²) in [5.74, 6) is 0.446. The Hall–Kier alpha value is -0.945. The molecule has 0 aliphatic rings. The van der Waals surface area contributed by atoms with E-state index in [2.05, 4.69) is 15.6 Å². The molecular weight excluding hydrogens is 145 g/mol. The van der Waals surface area contributed by atoms with Crippen molar-refractivity contribution in [3.05, 3.63) is 0 Å². The summed E-state index contributed by atoms with van der Waals surface area (Å²) in [6, 6.07) is 0. The standard InChI is InChI=1S/C4H12BN5O/c6-2-9-4(10-3-7)8-1-5-11/h1-3,6-7H2,(H2,8,9,10). The van der Waals surface area contributed by atoms with Gasteiger partial charge in [-0.25, -0.2) is 0 Å². The molecule has 62 valence electrons. The van der Waals surface area contributed by atoms with Crippen LogP contribution in [0.1, 0.15) is 0 Å². The van der Waals surface area contributed by atoms with Crippen molar-refractivity contribution in [1.29, 1.82) is 0 Å². The SMILES string of the molecule is NCN=C(NCN)NCB=O. The number of hydrogen-bond acceptors (Lipinski definition) is 4. The molecule has 0 aliphatic heterocycles. The molecule has 0 bridgehead atoms. The molecule has 0 saturated heterocycles. The van der Waals surface area contributed by atoms with Gasteiger partial charge in [0.25, 0.3) is 0 Å². The van der Waals surface area contributed by atoms with Crippen LogP contribution in [-0.4, -0.2) is 32.9 Å². The van der Waals surface area contributed by atoms with Gasteiger partial charge in [0.15, 0.2) is 0 Å². The molecule has 6 nitrogen and oxygen atoms in total. The molecule has 7 heteroatoms. The maximum absolute atomic E-state index is 9.91. The van der Waals surface area contributed by atoms with Crippen LogP contribution in [0.15, 0.2) is 4.99 Å². The van der Waals surface area contributed by atoms with Crippen molar-refractivity contribution in [2.45, 2.75) is 0 Å². The van der Waals surface area contributed by atoms with Crippen molar-refractivity contribution >= 4 is 13.1 Å². The summed E-state index contributed by atoms with van der Waals surface area (Å²) in [4.78, 5) is 3.78. The summed E-state index contributed by atoms with van der Waals surface area (Å²) in [7, 11) is 0.726. The zero-order valence-electron chi connectivity index (χ0n) is 6.21. The Balaban J connectivity index is 3.68. The fraction of sp³-hybridized carbons (Fsp3) is 0.750. The fourth-order valence-electron chi connectivity index (χ4n) is 0.501. The van der Waals surface area contributed by atoms with Gasteiger partial charge in [-0.05, 0) is 0 Å². The Morgan fingerprint density at radius 2 is 2.18 bits per heavy atom. The summed E-state index contributed by atoms with van der Waals surface area (Å²) >= 11 is 0. The van der Waals surface area contributed by atoms with Gasteiger partial charge in [0.1, 0.15) is 0 Å². The first-order chi connectivity index (χ1) is 5.35. The van der Waals surface area contributed by atoms with Crippen LogP contribution in [0.3, 0.4) is 0 Å². The molecule has 0 spiro atoms. The number of rotatable bonds is 4. The van der Waals surface area contributed by atoms with E-state index >= 15 is 0 Å². The minimum atomic E-state index is 0.161. The van der Waals surface area contributed by atoms with Gasteiger partial charge < -0.3 is 0 Å². The van der Waals surface area contributed by atoms with Gasteiger partial charge >= 0.3 is 64.7 Å². The minimum absolute atomic E-state index is 0.161. The van der Waals surface area contributed by atoms with E-state index < -0.39 is 0 Å². The molecule has 0 heterocycles. The van der Waals surface area contributed by atoms with E-state index in [0.717, 1.165) is 7.15 Å². The molecule has 0 aromatic rings. The Morgan fingerprint density at radius 1 is 1.45 bits per heavy atom. The zero-order valence-corrected chi connectivity index (χ0v) is 6.21. The molecule has 0 aromatic carbocycles. The number of guanidine groups is 1. The van der Waals surface area contributed by atoms with Crippen LogP contribution in [0.5, 0.6) is 0 Å². The molecule has 0 rings (SSSR count). The van der Waals surface area contributed by atoms with Crippen molar-refractivity contribution in [2.24, 2.45) is 16.5 Å². The van der Waals surface area contributed by atoms with Crippen molar-refractivity contribution in [2.75, 3.05) is 19.8 Å². The first-order valence-corrected chi connectivity index (χ1v) is 3.21. The second-order valence-corrected chi connectivity index (χ2v) is 1.62.